The van der Waals surface area contributed by atoms with Gasteiger partial charge in [0.1, 0.15) is 18.3 Å². The molecule has 1 saturated heterocycles. The number of carbonyl (C=O) groups is 1. The minimum Gasteiger partial charge on any atom is -0.493 e. The van der Waals surface area contributed by atoms with Gasteiger partial charge in [-0.05, 0) is 22.0 Å². The van der Waals surface area contributed by atoms with Crippen molar-refractivity contribution in [3.63, 3.8) is 0 Å². The molecule has 0 unspecified atom stereocenters. The maximum atomic E-state index is 11.1. The van der Waals surface area contributed by atoms with E-state index in [1.807, 2.05) is 0 Å². The van der Waals surface area contributed by atoms with Crippen molar-refractivity contribution in [3.8, 4) is 11.6 Å². The summed E-state index contributed by atoms with van der Waals surface area (Å²) in [5.41, 5.74) is 0.484. The Morgan fingerprint density at radius 2 is 2.33 bits per heavy atom. The second kappa shape index (κ2) is 6.96. The first-order valence-corrected chi connectivity index (χ1v) is 8.30. The van der Waals surface area contributed by atoms with E-state index in [0.717, 1.165) is 0 Å². The van der Waals surface area contributed by atoms with Crippen LogP contribution in [0, 0.1) is 0 Å². The molecule has 2 heterocycles. The molecule has 1 atom stereocenters. The molecule has 10 heteroatoms. The molecule has 0 saturated carbocycles. The molecule has 1 aromatic carbocycles. The second-order valence-corrected chi connectivity index (χ2v) is 6.52. The number of nitrogens with one attached hydrogen (secondary N) is 1. The van der Waals surface area contributed by atoms with Crippen molar-refractivity contribution < 1.29 is 19.7 Å². The van der Waals surface area contributed by atoms with Gasteiger partial charge in [-0.1, -0.05) is 11.6 Å². The van der Waals surface area contributed by atoms with Gasteiger partial charge in [0, 0.05) is 24.1 Å². The van der Waals surface area contributed by atoms with E-state index in [2.05, 4.69) is 31.2 Å². The topological polar surface area (TPSA) is 108 Å². The Labute approximate surface area is 150 Å². The van der Waals surface area contributed by atoms with Crippen molar-refractivity contribution >= 4 is 44.5 Å². The van der Waals surface area contributed by atoms with Gasteiger partial charge in [-0.25, -0.2) is 14.8 Å². The molecule has 1 amide bonds. The lowest BCUT2D eigenvalue weighted by Crippen LogP contribution is -2.54. The molecule has 0 bridgehead atoms. The zero-order valence-electron chi connectivity index (χ0n) is 12.4. The highest BCUT2D eigenvalue weighted by Crippen LogP contribution is 2.41. The number of benzene rings is 1. The van der Waals surface area contributed by atoms with Crippen LogP contribution in [0.5, 0.6) is 11.6 Å². The average Bonchev–Trinajstić information content (AvgIpc) is 2.56. The monoisotopic (exact) mass is 416 g/mol. The number of nitrogens with zero attached hydrogens (tertiary/aromatic N) is 3. The van der Waals surface area contributed by atoms with Gasteiger partial charge in [0.25, 0.3) is 0 Å². The number of hydrogen-bond acceptors (Lipinski definition) is 6. The molecule has 1 fully saturated rings. The van der Waals surface area contributed by atoms with Crippen LogP contribution < -0.4 is 10.1 Å². The van der Waals surface area contributed by atoms with Gasteiger partial charge in [0.05, 0.1) is 16.6 Å². The molecule has 0 aliphatic carbocycles. The first kappa shape index (κ1) is 17.0. The van der Waals surface area contributed by atoms with Gasteiger partial charge in [-0.15, -0.1) is 0 Å². The summed E-state index contributed by atoms with van der Waals surface area (Å²) in [6.07, 6.45) is 0.286. The fourth-order valence-corrected chi connectivity index (χ4v) is 3.15. The van der Waals surface area contributed by atoms with Crippen LogP contribution in [0.25, 0.3) is 10.9 Å². The van der Waals surface area contributed by atoms with Gasteiger partial charge in [-0.2, -0.15) is 0 Å². The predicted molar refractivity (Wildman–Crippen MR) is 90.8 cm³/mol. The smallest absolute Gasteiger partial charge is 0.407 e. The van der Waals surface area contributed by atoms with Crippen molar-refractivity contribution in [2.24, 2.45) is 0 Å². The van der Waals surface area contributed by atoms with Crippen molar-refractivity contribution in [2.75, 3.05) is 26.2 Å². The van der Waals surface area contributed by atoms with Gasteiger partial charge >= 0.3 is 6.09 Å². The zero-order chi connectivity index (χ0) is 17.3. The van der Waals surface area contributed by atoms with E-state index in [1.165, 1.54) is 11.2 Å². The third-order valence-corrected chi connectivity index (χ3v) is 4.94. The van der Waals surface area contributed by atoms with E-state index in [4.69, 9.17) is 21.4 Å². The lowest BCUT2D eigenvalue weighted by Gasteiger charge is -2.31. The quantitative estimate of drug-likeness (QED) is 0.702. The maximum Gasteiger partial charge on any atom is 0.407 e. The van der Waals surface area contributed by atoms with Crippen LogP contribution in [0.4, 0.5) is 4.79 Å². The fraction of sp³-hybridized carbons (Fsp3) is 0.357. The summed E-state index contributed by atoms with van der Waals surface area (Å²) in [5, 5.41) is 22.9. The molecule has 3 N–H and O–H groups in total. The van der Waals surface area contributed by atoms with E-state index in [-0.39, 0.29) is 24.3 Å². The minimum atomic E-state index is -0.960. The number of aromatic nitrogens is 2. The third kappa shape index (κ3) is 3.33. The number of rotatable bonds is 3. The Kier molecular flexibility index (Phi) is 4.93. The number of carboxylic acid groups (broad SMARTS) is 1. The van der Waals surface area contributed by atoms with Crippen LogP contribution in [-0.4, -0.2) is 63.5 Å². The number of aromatic hydroxyl groups is 1. The molecule has 1 aliphatic heterocycles. The lowest BCUT2D eigenvalue weighted by atomic mass is 10.2. The maximum absolute atomic E-state index is 11.1. The van der Waals surface area contributed by atoms with Gasteiger partial charge in [0.15, 0.2) is 5.75 Å². The predicted octanol–water partition coefficient (Wildman–Crippen LogP) is 2.08. The SMILES string of the molecule is O=C(O)N1CCN[C@@H](COc2c(Cl)c(Br)cc3ncnc(O)c23)C1. The van der Waals surface area contributed by atoms with Gasteiger partial charge in [-0.3, -0.25) is 0 Å². The van der Waals surface area contributed by atoms with Crippen molar-refractivity contribution in [3.05, 3.63) is 21.9 Å². The first-order valence-electron chi connectivity index (χ1n) is 7.13. The number of ether oxygens (including phenoxy) is 1. The van der Waals surface area contributed by atoms with Crippen molar-refractivity contribution in [1.29, 1.82) is 0 Å². The summed E-state index contributed by atoms with van der Waals surface area (Å²) in [6, 6.07) is 1.48. The van der Waals surface area contributed by atoms with Crippen LogP contribution >= 0.6 is 27.5 Å². The Morgan fingerprint density at radius 1 is 1.54 bits per heavy atom. The standard InChI is InChI=1S/C14H14BrClN4O4/c15-8-3-9-10(13(21)19-6-18-9)12(11(8)16)24-5-7-4-20(14(22)23)2-1-17-7/h3,6-7,17H,1-2,4-5H2,(H,22,23)(H,18,19,21)/t7-/m1/s1. The highest BCUT2D eigenvalue weighted by Gasteiger charge is 2.24. The second-order valence-electron chi connectivity index (χ2n) is 5.28. The largest absolute Gasteiger partial charge is 0.493 e. The summed E-state index contributed by atoms with van der Waals surface area (Å²) < 4.78 is 6.37. The van der Waals surface area contributed by atoms with E-state index in [9.17, 15) is 9.90 Å². The molecule has 0 spiro atoms. The summed E-state index contributed by atoms with van der Waals surface area (Å²) in [7, 11) is 0. The van der Waals surface area contributed by atoms with Crippen molar-refractivity contribution in [1.82, 2.24) is 20.2 Å². The Bertz CT molecular complexity index is 791. The van der Waals surface area contributed by atoms with Crippen LogP contribution in [0.3, 0.4) is 0 Å². The number of fused-ring (bicyclic) bond motifs is 1. The fourth-order valence-electron chi connectivity index (χ4n) is 2.55. The molecule has 1 aromatic heterocycles. The summed E-state index contributed by atoms with van der Waals surface area (Å²) in [6.45, 7) is 1.47. The van der Waals surface area contributed by atoms with E-state index in [1.54, 1.807) is 6.07 Å². The minimum absolute atomic E-state index is 0.184. The summed E-state index contributed by atoms with van der Waals surface area (Å²) in [5.74, 6) is 0.0292. The average molecular weight is 418 g/mol. The van der Waals surface area contributed by atoms with Crippen LogP contribution in [0.2, 0.25) is 5.02 Å². The molecule has 1 aliphatic rings. The Hall–Kier alpha value is -1.84. The lowest BCUT2D eigenvalue weighted by molar-refractivity contribution is 0.118. The first-order chi connectivity index (χ1) is 11.5. The van der Waals surface area contributed by atoms with E-state index >= 15 is 0 Å². The zero-order valence-corrected chi connectivity index (χ0v) is 14.7. The molecule has 24 heavy (non-hydrogen) atoms. The van der Waals surface area contributed by atoms with Gasteiger partial charge < -0.3 is 25.2 Å². The Balaban J connectivity index is 1.85. The molecular weight excluding hydrogens is 404 g/mol. The summed E-state index contributed by atoms with van der Waals surface area (Å²) >= 11 is 9.61. The molecule has 8 nitrogen and oxygen atoms in total. The molecule has 128 valence electrons. The summed E-state index contributed by atoms with van der Waals surface area (Å²) in [4.78, 5) is 20.2. The number of halogens is 2. The highest BCUT2D eigenvalue weighted by molar-refractivity contribution is 9.10. The molecular formula is C14H14BrClN4O4. The van der Waals surface area contributed by atoms with Crippen LogP contribution in [-0.2, 0) is 0 Å². The highest BCUT2D eigenvalue weighted by atomic mass is 79.9. The number of hydrogen-bond donors (Lipinski definition) is 3. The van der Waals surface area contributed by atoms with E-state index in [0.29, 0.717) is 40.0 Å². The number of piperazine rings is 1. The van der Waals surface area contributed by atoms with E-state index < -0.39 is 6.09 Å². The van der Waals surface area contributed by atoms with Crippen molar-refractivity contribution in [2.45, 2.75) is 6.04 Å². The number of amides is 1. The van der Waals surface area contributed by atoms with Gasteiger partial charge in [0.2, 0.25) is 5.88 Å². The third-order valence-electron chi connectivity index (χ3n) is 3.71. The van der Waals surface area contributed by atoms with Crippen LogP contribution in [0.1, 0.15) is 0 Å². The molecule has 0 radical (unpaired) electrons. The molecule has 2 aromatic rings. The Morgan fingerprint density at radius 3 is 3.08 bits per heavy atom. The van der Waals surface area contributed by atoms with Crippen LogP contribution in [0.15, 0.2) is 16.9 Å². The molecule has 3 rings (SSSR count). The normalized spacial score (nSPS) is 17.9.